The molecule has 0 bridgehead atoms. The molecule has 0 heterocycles. The van der Waals surface area contributed by atoms with Gasteiger partial charge in [-0.3, -0.25) is 0 Å². The molecule has 0 aliphatic carbocycles. The van der Waals surface area contributed by atoms with E-state index in [1.54, 1.807) is 0 Å². The molecule has 0 unspecified atom stereocenters. The van der Waals surface area contributed by atoms with Crippen LogP contribution >= 0.6 is 0 Å². The molecule has 0 rings (SSSR count). The number of hydrogen-bond donors (Lipinski definition) is 0. The van der Waals surface area contributed by atoms with Gasteiger partial charge in [0.15, 0.2) is 0 Å². The topological polar surface area (TPSA) is 23.8 Å². The summed E-state index contributed by atoms with van der Waals surface area (Å²) in [6.07, 6.45) is 0. The summed E-state index contributed by atoms with van der Waals surface area (Å²) in [6, 6.07) is 0. The van der Waals surface area contributed by atoms with Crippen LogP contribution in [0.4, 0.5) is 0 Å². The third-order valence-electron chi connectivity index (χ3n) is 0. The molecule has 2 heteroatoms. The summed E-state index contributed by atoms with van der Waals surface area (Å²) in [5.74, 6) is 0. The van der Waals surface area contributed by atoms with Gasteiger partial charge < -0.3 is 13.2 Å². The molecular weight excluding hydrogens is 127 g/mol. The van der Waals surface area contributed by atoms with E-state index in [4.69, 9.17) is 5.73 Å². The number of rotatable bonds is 0. The van der Waals surface area contributed by atoms with Crippen LogP contribution < -0.4 is 0 Å². The first-order valence-electron chi connectivity index (χ1n) is 0.500. The Labute approximate surface area is 52.8 Å². The van der Waals surface area contributed by atoms with E-state index < -0.39 is 0 Å². The van der Waals surface area contributed by atoms with Crippen LogP contribution in [0.1, 0.15) is 0 Å². The van der Waals surface area contributed by atoms with Crippen molar-refractivity contribution in [1.29, 1.82) is 0 Å². The van der Waals surface area contributed by atoms with Gasteiger partial charge in [0.2, 0.25) is 0 Å². The summed E-state index contributed by atoms with van der Waals surface area (Å²) in [5, 5.41) is 0. The first kappa shape index (κ1) is 19.6. The summed E-state index contributed by atoms with van der Waals surface area (Å²) in [7, 11) is 1.25. The summed E-state index contributed by atoms with van der Waals surface area (Å²) >= 11 is 0. The SMILES string of the molecule is C[NH-].[CH3-].[Y]. The van der Waals surface area contributed by atoms with Crippen LogP contribution in [0.2, 0.25) is 0 Å². The quantitative estimate of drug-likeness (QED) is 0.443. The molecule has 1 N–H and O–H groups in total. The smallest absolute Gasteiger partial charge is 0 e. The summed E-state index contributed by atoms with van der Waals surface area (Å²) in [6.45, 7) is 0. The van der Waals surface area contributed by atoms with E-state index in [0.717, 1.165) is 0 Å². The minimum Gasteiger partial charge on any atom is -0.680 e. The molecule has 1 radical (unpaired) electrons. The second-order valence-electron chi connectivity index (χ2n) is 0. The molecular formula is C2H7NY-2. The number of nitrogens with one attached hydrogen (secondary N) is 1. The Bertz CT molecular complexity index is 6.00. The molecule has 0 fully saturated rings. The molecule has 0 aliphatic rings. The third kappa shape index (κ3) is 11.5. The van der Waals surface area contributed by atoms with Crippen LogP contribution in [-0.2, 0) is 32.7 Å². The number of hydrogen-bond acceptors (Lipinski definition) is 0. The zero-order chi connectivity index (χ0) is 2.00. The van der Waals surface area contributed by atoms with Crippen molar-refractivity contribution in [2.75, 3.05) is 7.05 Å². The maximum absolute atomic E-state index is 5.75. The van der Waals surface area contributed by atoms with Gasteiger partial charge in [0.05, 0.1) is 0 Å². The van der Waals surface area contributed by atoms with E-state index in [1.165, 1.54) is 7.05 Å². The van der Waals surface area contributed by atoms with Crippen LogP contribution in [0.25, 0.3) is 5.73 Å². The minimum atomic E-state index is 0. The van der Waals surface area contributed by atoms with Crippen molar-refractivity contribution in [1.82, 2.24) is 0 Å². The molecule has 0 aliphatic heterocycles. The third-order valence-corrected chi connectivity index (χ3v) is 0. The maximum atomic E-state index is 5.75. The Morgan fingerprint density at radius 3 is 1.25 bits per heavy atom. The summed E-state index contributed by atoms with van der Waals surface area (Å²) in [4.78, 5) is 0. The first-order valence-corrected chi connectivity index (χ1v) is 0.500. The predicted molar refractivity (Wildman–Crippen MR) is 16.7 cm³/mol. The standard InChI is InChI=1S/CH4N.CH3.Y/c1-2;;/h2H,1H3;1H3;/q2*-1;. The van der Waals surface area contributed by atoms with Gasteiger partial charge in [-0.25, -0.2) is 0 Å². The monoisotopic (exact) mass is 134 g/mol. The molecule has 0 saturated carbocycles. The fourth-order valence-corrected chi connectivity index (χ4v) is 0. The Balaban J connectivity index is -0.00000000500. The molecule has 0 spiro atoms. The molecule has 0 aromatic rings. The van der Waals surface area contributed by atoms with E-state index in [-0.39, 0.29) is 40.1 Å². The van der Waals surface area contributed by atoms with Gasteiger partial charge in [-0.1, -0.05) is 0 Å². The molecule has 0 aromatic heterocycles. The molecule has 0 aromatic carbocycles. The van der Waals surface area contributed by atoms with Gasteiger partial charge in [0.1, 0.15) is 0 Å². The fraction of sp³-hybridized carbons (Fsp3) is 0.500. The fourth-order valence-electron chi connectivity index (χ4n) is 0. The predicted octanol–water partition coefficient (Wildman–Crippen LogP) is 1.12. The zero-order valence-corrected chi connectivity index (χ0v) is 5.92. The van der Waals surface area contributed by atoms with E-state index in [9.17, 15) is 0 Å². The van der Waals surface area contributed by atoms with Crippen LogP contribution in [-0.4, -0.2) is 7.05 Å². The molecule has 1 nitrogen and oxygen atoms in total. The van der Waals surface area contributed by atoms with Crippen LogP contribution in [0.5, 0.6) is 0 Å². The van der Waals surface area contributed by atoms with Crippen molar-refractivity contribution in [2.45, 2.75) is 0 Å². The van der Waals surface area contributed by atoms with E-state index in [2.05, 4.69) is 0 Å². The van der Waals surface area contributed by atoms with Gasteiger partial charge in [-0.05, 0) is 0 Å². The minimum absolute atomic E-state index is 0. The van der Waals surface area contributed by atoms with E-state index in [1.807, 2.05) is 0 Å². The largest absolute Gasteiger partial charge is 0.680 e. The Kier molecular flexibility index (Phi) is 165. The van der Waals surface area contributed by atoms with Crippen LogP contribution in [0.3, 0.4) is 0 Å². The van der Waals surface area contributed by atoms with Gasteiger partial charge in [0, 0.05) is 32.7 Å². The van der Waals surface area contributed by atoms with Gasteiger partial charge in [-0.2, -0.15) is 7.05 Å². The second-order valence-corrected chi connectivity index (χ2v) is 0. The van der Waals surface area contributed by atoms with Gasteiger partial charge in [-0.15, -0.1) is 0 Å². The van der Waals surface area contributed by atoms with E-state index >= 15 is 0 Å². The zero-order valence-electron chi connectivity index (χ0n) is 3.08. The second kappa shape index (κ2) is 33.7. The Morgan fingerprint density at radius 2 is 1.25 bits per heavy atom. The van der Waals surface area contributed by atoms with Crippen molar-refractivity contribution in [3.8, 4) is 0 Å². The van der Waals surface area contributed by atoms with Crippen molar-refractivity contribution < 1.29 is 32.7 Å². The molecule has 0 amide bonds. The van der Waals surface area contributed by atoms with Crippen molar-refractivity contribution in [2.24, 2.45) is 0 Å². The van der Waals surface area contributed by atoms with Crippen molar-refractivity contribution in [3.05, 3.63) is 13.2 Å². The molecule has 4 heavy (non-hydrogen) atoms. The van der Waals surface area contributed by atoms with Crippen LogP contribution in [0.15, 0.2) is 0 Å². The summed E-state index contributed by atoms with van der Waals surface area (Å²) in [5.41, 5.74) is 5.75. The molecule has 25 valence electrons. The van der Waals surface area contributed by atoms with Crippen molar-refractivity contribution >= 4 is 0 Å². The average Bonchev–Trinajstić information content (AvgIpc) is 1.00. The van der Waals surface area contributed by atoms with Gasteiger partial charge in [0.25, 0.3) is 0 Å². The normalized spacial score (nSPS) is 1.50. The van der Waals surface area contributed by atoms with Crippen LogP contribution in [0, 0.1) is 7.43 Å². The van der Waals surface area contributed by atoms with Crippen molar-refractivity contribution in [3.63, 3.8) is 0 Å². The Morgan fingerprint density at radius 1 is 1.25 bits per heavy atom. The summed E-state index contributed by atoms with van der Waals surface area (Å²) < 4.78 is 0. The molecule has 0 saturated heterocycles. The average molecular weight is 134 g/mol. The van der Waals surface area contributed by atoms with Gasteiger partial charge >= 0.3 is 0 Å². The molecule has 0 atom stereocenters. The van der Waals surface area contributed by atoms with E-state index in [0.29, 0.717) is 0 Å². The maximum Gasteiger partial charge on any atom is 0 e. The first-order chi connectivity index (χ1) is 1.00. The Hall–Kier alpha value is 1.06.